The molecule has 0 bridgehead atoms. The lowest BCUT2D eigenvalue weighted by Crippen LogP contribution is -1.99. The Hall–Kier alpha value is -1.47. The molecule has 0 aliphatic carbocycles. The Labute approximate surface area is 167 Å². The van der Waals surface area contributed by atoms with Gasteiger partial charge in [-0.1, -0.05) is 41.6 Å². The first-order valence-corrected chi connectivity index (χ1v) is 10.4. The first-order valence-electron chi connectivity index (χ1n) is 8.30. The van der Waals surface area contributed by atoms with Crippen molar-refractivity contribution in [2.75, 3.05) is 11.5 Å². The van der Waals surface area contributed by atoms with Crippen molar-refractivity contribution in [3.05, 3.63) is 59.7 Å². The molecule has 0 atom stereocenters. The Morgan fingerprint density at radius 2 is 1.62 bits per heavy atom. The summed E-state index contributed by atoms with van der Waals surface area (Å²) in [5, 5.41) is 4.10. The fraction of sp³-hybridized carbons (Fsp3) is 0.263. The van der Waals surface area contributed by atoms with Crippen LogP contribution in [0.3, 0.4) is 0 Å². The Kier molecular flexibility index (Phi) is 6.64. The normalized spacial score (nSPS) is 14.8. The van der Waals surface area contributed by atoms with Gasteiger partial charge < -0.3 is 10.3 Å². The van der Waals surface area contributed by atoms with Crippen LogP contribution in [-0.4, -0.2) is 21.6 Å². The lowest BCUT2D eigenvalue weighted by Gasteiger charge is -2.21. The minimum absolute atomic E-state index is 0. The molecular weight excluding hydrogens is 386 g/mol. The van der Waals surface area contributed by atoms with Gasteiger partial charge in [0.1, 0.15) is 0 Å². The summed E-state index contributed by atoms with van der Waals surface area (Å²) < 4.78 is 5.99. The lowest BCUT2D eigenvalue weighted by atomic mass is 10.1. The number of nitrogens with two attached hydrogens (primary N) is 1. The van der Waals surface area contributed by atoms with Gasteiger partial charge in [-0.05, 0) is 41.2 Å². The number of rotatable bonds is 4. The van der Waals surface area contributed by atoms with Crippen molar-refractivity contribution in [1.29, 1.82) is 0 Å². The van der Waals surface area contributed by atoms with E-state index in [4.69, 9.17) is 10.3 Å². The minimum atomic E-state index is 0. The summed E-state index contributed by atoms with van der Waals surface area (Å²) in [4.78, 5) is 4.53. The highest BCUT2D eigenvalue weighted by atomic mass is 35.5. The van der Waals surface area contributed by atoms with Gasteiger partial charge in [0.15, 0.2) is 0 Å². The second-order valence-electron chi connectivity index (χ2n) is 5.87. The predicted molar refractivity (Wildman–Crippen MR) is 113 cm³/mol. The van der Waals surface area contributed by atoms with E-state index in [9.17, 15) is 0 Å². The molecule has 2 aromatic carbocycles. The zero-order chi connectivity index (χ0) is 17.1. The van der Waals surface area contributed by atoms with Crippen LogP contribution in [0.25, 0.3) is 22.8 Å². The molecule has 3 aromatic rings. The number of hydrogen-bond donors (Lipinski definition) is 1. The maximum atomic E-state index is 5.63. The van der Waals surface area contributed by atoms with E-state index in [1.165, 1.54) is 23.5 Å². The molecule has 136 valence electrons. The van der Waals surface area contributed by atoms with E-state index in [1.54, 1.807) is 0 Å². The van der Waals surface area contributed by atoms with E-state index in [2.05, 4.69) is 34.4 Å². The third-order valence-corrected chi connectivity index (χ3v) is 7.15. The van der Waals surface area contributed by atoms with Crippen LogP contribution in [-0.2, 0) is 6.54 Å². The van der Waals surface area contributed by atoms with Crippen LogP contribution in [0.4, 0.5) is 0 Å². The quantitative estimate of drug-likeness (QED) is 0.647. The number of thioether (sulfide) groups is 2. The largest absolute Gasteiger partial charge is 0.334 e. The SMILES string of the molecule is Cl.NCc1ccc(-c2noc(-c3ccc(C4SCCCS4)cc3)n2)cc1. The highest BCUT2D eigenvalue weighted by Crippen LogP contribution is 2.43. The van der Waals surface area contributed by atoms with Crippen LogP contribution in [0.2, 0.25) is 0 Å². The Morgan fingerprint density at radius 3 is 2.27 bits per heavy atom. The molecule has 7 heteroatoms. The van der Waals surface area contributed by atoms with Crippen molar-refractivity contribution in [2.45, 2.75) is 17.5 Å². The summed E-state index contributed by atoms with van der Waals surface area (Å²) >= 11 is 4.05. The number of aromatic nitrogens is 2. The van der Waals surface area contributed by atoms with Crippen LogP contribution < -0.4 is 5.73 Å². The van der Waals surface area contributed by atoms with Crippen molar-refractivity contribution in [3.8, 4) is 22.8 Å². The summed E-state index contributed by atoms with van der Waals surface area (Å²) in [6, 6.07) is 16.4. The summed E-state index contributed by atoms with van der Waals surface area (Å²) in [5.41, 5.74) is 9.95. The molecule has 26 heavy (non-hydrogen) atoms. The molecule has 4 nitrogen and oxygen atoms in total. The van der Waals surface area contributed by atoms with Crippen molar-refractivity contribution < 1.29 is 4.52 Å². The van der Waals surface area contributed by atoms with E-state index in [0.29, 0.717) is 22.8 Å². The molecule has 0 spiro atoms. The lowest BCUT2D eigenvalue weighted by molar-refractivity contribution is 0.432. The molecule has 0 saturated carbocycles. The molecule has 0 unspecified atom stereocenters. The monoisotopic (exact) mass is 405 g/mol. The summed E-state index contributed by atoms with van der Waals surface area (Å²) in [6.07, 6.45) is 1.31. The molecule has 1 aliphatic heterocycles. The minimum Gasteiger partial charge on any atom is -0.334 e. The van der Waals surface area contributed by atoms with Crippen LogP contribution in [0.5, 0.6) is 0 Å². The van der Waals surface area contributed by atoms with Crippen LogP contribution in [0.15, 0.2) is 53.1 Å². The average Bonchev–Trinajstić information content (AvgIpc) is 3.19. The molecule has 1 aromatic heterocycles. The number of benzene rings is 2. The number of nitrogens with zero attached hydrogens (tertiary/aromatic N) is 2. The average molecular weight is 406 g/mol. The van der Waals surface area contributed by atoms with E-state index in [0.717, 1.165) is 16.7 Å². The van der Waals surface area contributed by atoms with Gasteiger partial charge in [0.25, 0.3) is 5.89 Å². The second-order valence-corrected chi connectivity index (χ2v) is 8.60. The zero-order valence-corrected chi connectivity index (χ0v) is 16.6. The first-order chi connectivity index (χ1) is 12.3. The molecular formula is C19H20ClN3OS2. The van der Waals surface area contributed by atoms with Crippen molar-refractivity contribution in [2.24, 2.45) is 5.73 Å². The standard InChI is InChI=1S/C19H19N3OS2.ClH/c20-12-13-2-4-14(5-3-13)17-21-18(23-22-17)15-6-8-16(9-7-15)19-24-10-1-11-25-19;/h2-9,19H,1,10-12,20H2;1H. The van der Waals surface area contributed by atoms with Gasteiger partial charge in [-0.3, -0.25) is 0 Å². The molecule has 0 radical (unpaired) electrons. The molecule has 4 rings (SSSR count). The molecule has 2 heterocycles. The predicted octanol–water partition coefficient (Wildman–Crippen LogP) is 5.15. The van der Waals surface area contributed by atoms with Crippen molar-refractivity contribution in [3.63, 3.8) is 0 Å². The van der Waals surface area contributed by atoms with Gasteiger partial charge in [-0.15, -0.1) is 35.9 Å². The maximum absolute atomic E-state index is 5.63. The Balaban J connectivity index is 0.00000196. The third-order valence-electron chi connectivity index (χ3n) is 4.13. The summed E-state index contributed by atoms with van der Waals surface area (Å²) in [7, 11) is 0. The molecule has 1 aliphatic rings. The molecule has 1 fully saturated rings. The highest BCUT2D eigenvalue weighted by Gasteiger charge is 2.17. The molecule has 0 amide bonds. The smallest absolute Gasteiger partial charge is 0.258 e. The summed E-state index contributed by atoms with van der Waals surface area (Å²) in [5.74, 6) is 3.64. The van der Waals surface area contributed by atoms with Crippen LogP contribution in [0.1, 0.15) is 22.1 Å². The topological polar surface area (TPSA) is 64.9 Å². The maximum Gasteiger partial charge on any atom is 0.258 e. The van der Waals surface area contributed by atoms with Gasteiger partial charge in [0.05, 0.1) is 4.58 Å². The zero-order valence-electron chi connectivity index (χ0n) is 14.1. The van der Waals surface area contributed by atoms with Crippen LogP contribution >= 0.6 is 35.9 Å². The van der Waals surface area contributed by atoms with E-state index < -0.39 is 0 Å². The van der Waals surface area contributed by atoms with Crippen molar-refractivity contribution >= 4 is 35.9 Å². The molecule has 1 saturated heterocycles. The second kappa shape index (κ2) is 8.95. The fourth-order valence-corrected chi connectivity index (χ4v) is 5.61. The van der Waals surface area contributed by atoms with Gasteiger partial charge in [0, 0.05) is 17.7 Å². The first kappa shape index (κ1) is 19.3. The number of hydrogen-bond acceptors (Lipinski definition) is 6. The summed E-state index contributed by atoms with van der Waals surface area (Å²) in [6.45, 7) is 0.529. The van der Waals surface area contributed by atoms with E-state index in [-0.39, 0.29) is 12.4 Å². The van der Waals surface area contributed by atoms with Crippen LogP contribution in [0, 0.1) is 0 Å². The third kappa shape index (κ3) is 4.26. The van der Waals surface area contributed by atoms with E-state index in [1.807, 2.05) is 47.8 Å². The fourth-order valence-electron chi connectivity index (χ4n) is 2.71. The Morgan fingerprint density at radius 1 is 0.962 bits per heavy atom. The Bertz CT molecular complexity index is 831. The highest BCUT2D eigenvalue weighted by molar-refractivity contribution is 8.16. The van der Waals surface area contributed by atoms with Gasteiger partial charge in [-0.25, -0.2) is 0 Å². The van der Waals surface area contributed by atoms with E-state index >= 15 is 0 Å². The van der Waals surface area contributed by atoms with Gasteiger partial charge in [0.2, 0.25) is 5.82 Å². The molecule has 2 N–H and O–H groups in total. The van der Waals surface area contributed by atoms with Gasteiger partial charge in [-0.2, -0.15) is 4.98 Å². The van der Waals surface area contributed by atoms with Gasteiger partial charge >= 0.3 is 0 Å². The van der Waals surface area contributed by atoms with Crippen molar-refractivity contribution in [1.82, 2.24) is 10.1 Å². The number of halogens is 1.